The molecule has 2 heteroatoms. The van der Waals surface area contributed by atoms with Gasteiger partial charge in [0.1, 0.15) is 0 Å². The molecule has 2 aliphatic rings. The van der Waals surface area contributed by atoms with Gasteiger partial charge in [0.25, 0.3) is 0 Å². The SMILES string of the molecule is Cl.c1ccc2c(c1)C1CCN2C1. The topological polar surface area (TPSA) is 3.24 Å². The number of nitrogens with zero attached hydrogens (tertiary/aromatic N) is 1. The summed E-state index contributed by atoms with van der Waals surface area (Å²) in [5, 5.41) is 0. The highest BCUT2D eigenvalue weighted by molar-refractivity contribution is 5.85. The monoisotopic (exact) mass is 181 g/mol. The van der Waals surface area contributed by atoms with Gasteiger partial charge in [-0.2, -0.15) is 0 Å². The molecule has 1 fully saturated rings. The molecule has 0 aliphatic carbocycles. The Morgan fingerprint density at radius 2 is 2.08 bits per heavy atom. The van der Waals surface area contributed by atoms with Gasteiger partial charge in [0.15, 0.2) is 0 Å². The average molecular weight is 182 g/mol. The summed E-state index contributed by atoms with van der Waals surface area (Å²) in [5.41, 5.74) is 3.07. The van der Waals surface area contributed by atoms with Crippen molar-refractivity contribution >= 4 is 18.1 Å². The Morgan fingerprint density at radius 3 is 2.92 bits per heavy atom. The van der Waals surface area contributed by atoms with Crippen LogP contribution in [0.3, 0.4) is 0 Å². The Hall–Kier alpha value is -0.690. The zero-order chi connectivity index (χ0) is 7.26. The molecule has 0 amide bonds. The molecule has 2 heterocycles. The average Bonchev–Trinajstić information content (AvgIpc) is 2.64. The molecule has 2 bridgehead atoms. The van der Waals surface area contributed by atoms with Crippen LogP contribution in [0.4, 0.5) is 5.69 Å². The Balaban J connectivity index is 0.000000563. The normalized spacial score (nSPS) is 23.7. The predicted molar refractivity (Wildman–Crippen MR) is 53.3 cm³/mol. The summed E-state index contributed by atoms with van der Waals surface area (Å²) in [6, 6.07) is 8.81. The maximum atomic E-state index is 2.50. The van der Waals surface area contributed by atoms with Gasteiger partial charge >= 0.3 is 0 Å². The van der Waals surface area contributed by atoms with E-state index in [4.69, 9.17) is 0 Å². The van der Waals surface area contributed by atoms with E-state index in [1.165, 1.54) is 25.2 Å². The first-order chi connectivity index (χ1) is 5.45. The number of rotatable bonds is 0. The van der Waals surface area contributed by atoms with E-state index < -0.39 is 0 Å². The van der Waals surface area contributed by atoms with Crippen LogP contribution in [-0.2, 0) is 0 Å². The summed E-state index contributed by atoms with van der Waals surface area (Å²) in [6.45, 7) is 2.56. The lowest BCUT2D eigenvalue weighted by atomic mass is 9.98. The number of para-hydroxylation sites is 1. The Morgan fingerprint density at radius 1 is 1.25 bits per heavy atom. The Bertz CT molecular complexity index is 269. The molecule has 1 aromatic rings. The van der Waals surface area contributed by atoms with E-state index in [-0.39, 0.29) is 12.4 Å². The minimum absolute atomic E-state index is 0. The molecule has 1 saturated heterocycles. The van der Waals surface area contributed by atoms with Crippen LogP contribution in [-0.4, -0.2) is 13.1 Å². The maximum absolute atomic E-state index is 2.50. The van der Waals surface area contributed by atoms with Crippen LogP contribution in [0.5, 0.6) is 0 Å². The molecule has 0 saturated carbocycles. The van der Waals surface area contributed by atoms with Crippen molar-refractivity contribution in [2.24, 2.45) is 0 Å². The molecule has 0 aromatic heterocycles. The summed E-state index contributed by atoms with van der Waals surface area (Å²) in [7, 11) is 0. The number of anilines is 1. The smallest absolute Gasteiger partial charge is 0.0402 e. The summed E-state index contributed by atoms with van der Waals surface area (Å²) in [5.74, 6) is 0.853. The van der Waals surface area contributed by atoms with Gasteiger partial charge in [-0.3, -0.25) is 0 Å². The van der Waals surface area contributed by atoms with Crippen molar-refractivity contribution in [1.29, 1.82) is 0 Å². The quantitative estimate of drug-likeness (QED) is 0.594. The van der Waals surface area contributed by atoms with E-state index in [1.54, 1.807) is 5.56 Å². The zero-order valence-electron chi connectivity index (χ0n) is 6.86. The van der Waals surface area contributed by atoms with E-state index in [1.807, 2.05) is 0 Å². The minimum Gasteiger partial charge on any atom is -0.371 e. The second-order valence-corrected chi connectivity index (χ2v) is 3.49. The summed E-state index contributed by atoms with van der Waals surface area (Å²) in [6.07, 6.45) is 1.37. The van der Waals surface area contributed by atoms with Crippen molar-refractivity contribution in [2.75, 3.05) is 18.0 Å². The minimum atomic E-state index is 0. The van der Waals surface area contributed by atoms with Gasteiger partial charge in [-0.05, 0) is 18.1 Å². The molecular formula is C10H12ClN. The first-order valence-corrected chi connectivity index (χ1v) is 4.29. The number of fused-ring (bicyclic) bond motifs is 5. The van der Waals surface area contributed by atoms with Crippen LogP contribution in [0.25, 0.3) is 0 Å². The molecule has 64 valence electrons. The van der Waals surface area contributed by atoms with Crippen LogP contribution < -0.4 is 4.90 Å². The van der Waals surface area contributed by atoms with Gasteiger partial charge in [0.2, 0.25) is 0 Å². The fourth-order valence-electron chi connectivity index (χ4n) is 2.35. The van der Waals surface area contributed by atoms with Crippen LogP contribution in [0.15, 0.2) is 24.3 Å². The van der Waals surface area contributed by atoms with E-state index in [0.717, 1.165) is 5.92 Å². The van der Waals surface area contributed by atoms with Gasteiger partial charge in [-0.1, -0.05) is 18.2 Å². The van der Waals surface area contributed by atoms with E-state index >= 15 is 0 Å². The highest BCUT2D eigenvalue weighted by Gasteiger charge is 2.33. The third kappa shape index (κ3) is 0.862. The second-order valence-electron chi connectivity index (χ2n) is 3.49. The zero-order valence-corrected chi connectivity index (χ0v) is 7.68. The first-order valence-electron chi connectivity index (χ1n) is 4.29. The third-order valence-corrected chi connectivity index (χ3v) is 2.91. The molecule has 1 nitrogen and oxygen atoms in total. The highest BCUT2D eigenvalue weighted by atomic mass is 35.5. The van der Waals surface area contributed by atoms with Gasteiger partial charge < -0.3 is 4.90 Å². The van der Waals surface area contributed by atoms with E-state index in [2.05, 4.69) is 29.2 Å². The summed E-state index contributed by atoms with van der Waals surface area (Å²) < 4.78 is 0. The van der Waals surface area contributed by atoms with Crippen LogP contribution >= 0.6 is 12.4 Å². The van der Waals surface area contributed by atoms with Gasteiger partial charge in [0, 0.05) is 24.7 Å². The molecule has 1 aromatic carbocycles. The summed E-state index contributed by atoms with van der Waals surface area (Å²) >= 11 is 0. The van der Waals surface area contributed by atoms with Crippen molar-refractivity contribution in [1.82, 2.24) is 0 Å². The van der Waals surface area contributed by atoms with E-state index in [0.29, 0.717) is 0 Å². The van der Waals surface area contributed by atoms with Crippen molar-refractivity contribution < 1.29 is 0 Å². The summed E-state index contributed by atoms with van der Waals surface area (Å²) in [4.78, 5) is 2.50. The molecule has 12 heavy (non-hydrogen) atoms. The molecule has 2 aliphatic heterocycles. The largest absolute Gasteiger partial charge is 0.371 e. The fourth-order valence-corrected chi connectivity index (χ4v) is 2.35. The van der Waals surface area contributed by atoms with Crippen LogP contribution in [0.2, 0.25) is 0 Å². The lowest BCUT2D eigenvalue weighted by molar-refractivity contribution is 0.788. The fraction of sp³-hybridized carbons (Fsp3) is 0.400. The standard InChI is InChI=1S/C10H11N.ClH/c1-2-4-10-9(3-1)8-5-6-11(10)7-8;/h1-4,8H,5-7H2;1H. The number of halogens is 1. The van der Waals surface area contributed by atoms with E-state index in [9.17, 15) is 0 Å². The molecule has 0 N–H and O–H groups in total. The molecule has 1 atom stereocenters. The highest BCUT2D eigenvalue weighted by Crippen LogP contribution is 2.42. The number of hydrogen-bond donors (Lipinski definition) is 0. The number of hydrogen-bond acceptors (Lipinski definition) is 1. The van der Waals surface area contributed by atoms with Crippen molar-refractivity contribution in [3.8, 4) is 0 Å². The van der Waals surface area contributed by atoms with Crippen LogP contribution in [0, 0.1) is 0 Å². The molecule has 1 unspecified atom stereocenters. The molecule has 3 rings (SSSR count). The Labute approximate surface area is 78.8 Å². The van der Waals surface area contributed by atoms with Crippen molar-refractivity contribution in [3.05, 3.63) is 29.8 Å². The number of benzene rings is 1. The Kier molecular flexibility index (Phi) is 1.76. The lowest BCUT2D eigenvalue weighted by Gasteiger charge is -2.17. The van der Waals surface area contributed by atoms with Gasteiger partial charge in [0.05, 0.1) is 0 Å². The lowest BCUT2D eigenvalue weighted by Crippen LogP contribution is -2.15. The van der Waals surface area contributed by atoms with Gasteiger partial charge in [-0.25, -0.2) is 0 Å². The molecule has 0 radical (unpaired) electrons. The van der Waals surface area contributed by atoms with Crippen molar-refractivity contribution in [3.63, 3.8) is 0 Å². The molecule has 0 spiro atoms. The first kappa shape index (κ1) is 7.93. The predicted octanol–water partition coefficient (Wildman–Crippen LogP) is 2.42. The van der Waals surface area contributed by atoms with Crippen molar-refractivity contribution in [2.45, 2.75) is 12.3 Å². The van der Waals surface area contributed by atoms with Gasteiger partial charge in [-0.15, -0.1) is 12.4 Å². The maximum Gasteiger partial charge on any atom is 0.0402 e. The van der Waals surface area contributed by atoms with Crippen LogP contribution in [0.1, 0.15) is 17.9 Å². The molecular weight excluding hydrogens is 170 g/mol. The third-order valence-electron chi connectivity index (χ3n) is 2.91. The second kappa shape index (κ2) is 2.67.